The fraction of sp³-hybridized carbons (Fsp3) is 0.550. The molecule has 0 aromatic heterocycles. The van der Waals surface area contributed by atoms with Gasteiger partial charge in [0.25, 0.3) is 0 Å². The predicted molar refractivity (Wildman–Crippen MR) is 104 cm³/mol. The molecule has 1 aliphatic rings. The van der Waals surface area contributed by atoms with E-state index in [1.807, 2.05) is 26.0 Å². The van der Waals surface area contributed by atoms with E-state index in [1.165, 1.54) is 0 Å². The number of likely N-dealkylation sites (N-methyl/N-ethyl adjacent to an activating group) is 1. The normalized spacial score (nSPS) is 15.6. The van der Waals surface area contributed by atoms with Gasteiger partial charge in [-0.1, -0.05) is 30.7 Å². The lowest BCUT2D eigenvalue weighted by Gasteiger charge is -2.25. The van der Waals surface area contributed by atoms with Crippen LogP contribution in [0.15, 0.2) is 41.3 Å². The van der Waals surface area contributed by atoms with Gasteiger partial charge in [-0.15, -0.1) is 0 Å². The van der Waals surface area contributed by atoms with Gasteiger partial charge in [0.1, 0.15) is 0 Å². The Morgan fingerprint density at radius 1 is 1.15 bits per heavy atom. The molecule has 5 nitrogen and oxygen atoms in total. The Labute approximate surface area is 157 Å². The number of carbonyl (C=O) groups is 1. The number of rotatable bonds is 8. The van der Waals surface area contributed by atoms with Crippen molar-refractivity contribution in [3.8, 4) is 0 Å². The standard InChI is InChI=1S/C20H30N2O3S/c1-4-21(16-17(2)3)20(23)13-10-18-8-11-19(12-9-18)26(24,25)22-14-6-5-7-15-22/h8-9,11-12H,2,4-7,10,13-16H2,1,3H3. The Morgan fingerprint density at radius 3 is 2.31 bits per heavy atom. The number of piperidine rings is 1. The molecule has 1 aliphatic heterocycles. The van der Waals surface area contributed by atoms with Gasteiger partial charge in [-0.2, -0.15) is 4.31 Å². The van der Waals surface area contributed by atoms with E-state index in [0.717, 1.165) is 30.4 Å². The zero-order valence-corrected chi connectivity index (χ0v) is 16.7. The smallest absolute Gasteiger partial charge is 0.243 e. The van der Waals surface area contributed by atoms with Crippen LogP contribution in [0.2, 0.25) is 0 Å². The minimum Gasteiger partial charge on any atom is -0.339 e. The number of carbonyl (C=O) groups excluding carboxylic acids is 1. The van der Waals surface area contributed by atoms with Crippen molar-refractivity contribution in [3.05, 3.63) is 42.0 Å². The van der Waals surface area contributed by atoms with Gasteiger partial charge >= 0.3 is 0 Å². The second-order valence-corrected chi connectivity index (χ2v) is 8.91. The molecule has 26 heavy (non-hydrogen) atoms. The molecular weight excluding hydrogens is 348 g/mol. The molecule has 0 N–H and O–H groups in total. The molecule has 0 unspecified atom stereocenters. The Kier molecular flexibility index (Phi) is 7.41. The number of sulfonamides is 1. The highest BCUT2D eigenvalue weighted by Gasteiger charge is 2.25. The van der Waals surface area contributed by atoms with E-state index in [2.05, 4.69) is 6.58 Å². The summed E-state index contributed by atoms with van der Waals surface area (Å²) in [4.78, 5) is 14.4. The van der Waals surface area contributed by atoms with E-state index in [1.54, 1.807) is 21.3 Å². The second kappa shape index (κ2) is 9.33. The van der Waals surface area contributed by atoms with E-state index in [-0.39, 0.29) is 5.91 Å². The maximum atomic E-state index is 12.7. The summed E-state index contributed by atoms with van der Waals surface area (Å²) in [6.07, 6.45) is 3.98. The molecule has 0 saturated carbocycles. The second-order valence-electron chi connectivity index (χ2n) is 6.97. The van der Waals surface area contributed by atoms with Crippen molar-refractivity contribution in [3.63, 3.8) is 0 Å². The lowest BCUT2D eigenvalue weighted by molar-refractivity contribution is -0.130. The molecule has 1 amide bonds. The van der Waals surface area contributed by atoms with E-state index in [0.29, 0.717) is 43.9 Å². The molecule has 1 aromatic rings. The number of hydrogen-bond donors (Lipinski definition) is 0. The number of hydrogen-bond acceptors (Lipinski definition) is 3. The third-order valence-corrected chi connectivity index (χ3v) is 6.61. The SMILES string of the molecule is C=C(C)CN(CC)C(=O)CCc1ccc(S(=O)(=O)N2CCCCC2)cc1. The van der Waals surface area contributed by atoms with Gasteiger partial charge in [-0.25, -0.2) is 8.42 Å². The minimum absolute atomic E-state index is 0.0977. The molecule has 0 atom stereocenters. The third-order valence-electron chi connectivity index (χ3n) is 4.70. The Bertz CT molecular complexity index is 720. The fourth-order valence-corrected chi connectivity index (χ4v) is 4.71. The quantitative estimate of drug-likeness (QED) is 0.653. The van der Waals surface area contributed by atoms with E-state index in [9.17, 15) is 13.2 Å². The topological polar surface area (TPSA) is 57.7 Å². The highest BCUT2D eigenvalue weighted by molar-refractivity contribution is 7.89. The van der Waals surface area contributed by atoms with E-state index < -0.39 is 10.0 Å². The van der Waals surface area contributed by atoms with Crippen LogP contribution in [-0.4, -0.2) is 49.7 Å². The van der Waals surface area contributed by atoms with Crippen molar-refractivity contribution in [2.45, 2.75) is 50.8 Å². The predicted octanol–water partition coefficient (Wildman–Crippen LogP) is 3.22. The van der Waals surface area contributed by atoms with Crippen LogP contribution in [0.4, 0.5) is 0 Å². The van der Waals surface area contributed by atoms with Crippen LogP contribution in [0.25, 0.3) is 0 Å². The lowest BCUT2D eigenvalue weighted by Crippen LogP contribution is -2.35. The average molecular weight is 379 g/mol. The first-order valence-electron chi connectivity index (χ1n) is 9.36. The summed E-state index contributed by atoms with van der Waals surface area (Å²) in [7, 11) is -3.39. The lowest BCUT2D eigenvalue weighted by atomic mass is 10.1. The summed E-state index contributed by atoms with van der Waals surface area (Å²) in [5.74, 6) is 0.0977. The van der Waals surface area contributed by atoms with Crippen LogP contribution >= 0.6 is 0 Å². The molecule has 1 fully saturated rings. The molecule has 1 aromatic carbocycles. The van der Waals surface area contributed by atoms with Crippen molar-refractivity contribution in [2.75, 3.05) is 26.2 Å². The van der Waals surface area contributed by atoms with Crippen LogP contribution in [0.1, 0.15) is 45.1 Å². The molecule has 0 spiro atoms. The van der Waals surface area contributed by atoms with Crippen molar-refractivity contribution < 1.29 is 13.2 Å². The molecule has 0 bridgehead atoms. The van der Waals surface area contributed by atoms with Gasteiger partial charge in [0.05, 0.1) is 4.90 Å². The summed E-state index contributed by atoms with van der Waals surface area (Å²) < 4.78 is 26.9. The summed E-state index contributed by atoms with van der Waals surface area (Å²) >= 11 is 0. The first-order valence-corrected chi connectivity index (χ1v) is 10.8. The first-order chi connectivity index (χ1) is 12.3. The summed E-state index contributed by atoms with van der Waals surface area (Å²) in [6, 6.07) is 6.96. The molecule has 0 aliphatic carbocycles. The third kappa shape index (κ3) is 5.42. The fourth-order valence-electron chi connectivity index (χ4n) is 3.19. The van der Waals surface area contributed by atoms with Crippen molar-refractivity contribution in [2.24, 2.45) is 0 Å². The highest BCUT2D eigenvalue weighted by atomic mass is 32.2. The van der Waals surface area contributed by atoms with Crippen LogP contribution in [0.5, 0.6) is 0 Å². The maximum Gasteiger partial charge on any atom is 0.243 e. The van der Waals surface area contributed by atoms with Gasteiger partial charge < -0.3 is 4.90 Å². The number of aryl methyl sites for hydroxylation is 1. The number of benzene rings is 1. The van der Waals surface area contributed by atoms with Gasteiger partial charge in [0.2, 0.25) is 15.9 Å². The molecule has 1 saturated heterocycles. The maximum absolute atomic E-state index is 12.7. The van der Waals surface area contributed by atoms with Gasteiger partial charge in [0.15, 0.2) is 0 Å². The Balaban J connectivity index is 1.96. The molecular formula is C20H30N2O3S. The largest absolute Gasteiger partial charge is 0.339 e. The van der Waals surface area contributed by atoms with Gasteiger partial charge in [-0.3, -0.25) is 4.79 Å². The van der Waals surface area contributed by atoms with Crippen LogP contribution < -0.4 is 0 Å². The van der Waals surface area contributed by atoms with Gasteiger partial charge in [-0.05, 0) is 50.8 Å². The van der Waals surface area contributed by atoms with E-state index >= 15 is 0 Å². The molecule has 6 heteroatoms. The molecule has 144 valence electrons. The Morgan fingerprint density at radius 2 is 1.77 bits per heavy atom. The molecule has 0 radical (unpaired) electrons. The van der Waals surface area contributed by atoms with Crippen molar-refractivity contribution >= 4 is 15.9 Å². The molecule has 2 rings (SSSR count). The van der Waals surface area contributed by atoms with Crippen LogP contribution in [0, 0.1) is 0 Å². The summed E-state index contributed by atoms with van der Waals surface area (Å²) in [6.45, 7) is 10.2. The number of nitrogens with zero attached hydrogens (tertiary/aromatic N) is 2. The highest BCUT2D eigenvalue weighted by Crippen LogP contribution is 2.21. The van der Waals surface area contributed by atoms with Crippen molar-refractivity contribution in [1.29, 1.82) is 0 Å². The van der Waals surface area contributed by atoms with Crippen molar-refractivity contribution in [1.82, 2.24) is 9.21 Å². The summed E-state index contributed by atoms with van der Waals surface area (Å²) in [5.41, 5.74) is 1.94. The monoisotopic (exact) mass is 378 g/mol. The zero-order valence-electron chi connectivity index (χ0n) is 15.9. The zero-order chi connectivity index (χ0) is 19.2. The average Bonchev–Trinajstić information content (AvgIpc) is 2.65. The summed E-state index contributed by atoms with van der Waals surface area (Å²) in [5, 5.41) is 0. The Hall–Kier alpha value is -1.66. The number of amides is 1. The first kappa shape index (κ1) is 20.6. The minimum atomic E-state index is -3.39. The molecule has 1 heterocycles. The van der Waals surface area contributed by atoms with Gasteiger partial charge in [0, 0.05) is 32.6 Å². The van der Waals surface area contributed by atoms with Crippen LogP contribution in [0.3, 0.4) is 0 Å². The van der Waals surface area contributed by atoms with E-state index in [4.69, 9.17) is 0 Å². The van der Waals surface area contributed by atoms with Crippen LogP contribution in [-0.2, 0) is 21.2 Å².